The Hall–Kier alpha value is -1.59. The number of nitrogens with zero attached hydrogens (tertiary/aromatic N) is 2. The predicted molar refractivity (Wildman–Crippen MR) is 76.5 cm³/mol. The van der Waals surface area contributed by atoms with E-state index >= 15 is 0 Å². The molecule has 2 rings (SSSR count). The van der Waals surface area contributed by atoms with Crippen molar-refractivity contribution in [2.45, 2.75) is 33.1 Å². The molecular formula is C15H24N2O4. The van der Waals surface area contributed by atoms with Gasteiger partial charge in [-0.05, 0) is 18.8 Å². The highest BCUT2D eigenvalue weighted by molar-refractivity contribution is 5.89. The van der Waals surface area contributed by atoms with Gasteiger partial charge in [-0.3, -0.25) is 14.4 Å². The van der Waals surface area contributed by atoms with Crippen molar-refractivity contribution in [1.82, 2.24) is 9.80 Å². The maximum atomic E-state index is 12.5. The van der Waals surface area contributed by atoms with Crippen LogP contribution in [0.25, 0.3) is 0 Å². The highest BCUT2D eigenvalue weighted by Crippen LogP contribution is 2.24. The average molecular weight is 296 g/mol. The molecule has 0 aromatic heterocycles. The zero-order valence-electron chi connectivity index (χ0n) is 12.7. The number of amides is 2. The summed E-state index contributed by atoms with van der Waals surface area (Å²) in [5, 5.41) is 9.09. The Kier molecular flexibility index (Phi) is 4.85. The summed E-state index contributed by atoms with van der Waals surface area (Å²) in [4.78, 5) is 38.9. The van der Waals surface area contributed by atoms with Gasteiger partial charge in [-0.2, -0.15) is 0 Å². The number of piperidine rings is 1. The van der Waals surface area contributed by atoms with Crippen LogP contribution in [-0.4, -0.2) is 58.9 Å². The zero-order chi connectivity index (χ0) is 15.6. The summed E-state index contributed by atoms with van der Waals surface area (Å²) in [6.45, 7) is 6.14. The molecule has 2 heterocycles. The van der Waals surface area contributed by atoms with Crippen LogP contribution < -0.4 is 0 Å². The number of carbonyl (C=O) groups excluding carboxylic acids is 2. The van der Waals surface area contributed by atoms with Crippen molar-refractivity contribution in [3.8, 4) is 0 Å². The number of aliphatic carboxylic acids is 1. The summed E-state index contributed by atoms with van der Waals surface area (Å²) in [6, 6.07) is 0. The normalized spacial score (nSPS) is 26.5. The molecule has 0 bridgehead atoms. The fourth-order valence-corrected chi connectivity index (χ4v) is 3.19. The topological polar surface area (TPSA) is 77.9 Å². The highest BCUT2D eigenvalue weighted by Gasteiger charge is 2.38. The number of carboxylic acids is 1. The Balaban J connectivity index is 1.94. The molecule has 6 nitrogen and oxygen atoms in total. The van der Waals surface area contributed by atoms with E-state index in [0.29, 0.717) is 32.0 Å². The van der Waals surface area contributed by atoms with Crippen molar-refractivity contribution in [2.24, 2.45) is 17.8 Å². The van der Waals surface area contributed by atoms with Crippen molar-refractivity contribution in [1.29, 1.82) is 0 Å². The average Bonchev–Trinajstić information content (AvgIpc) is 2.78. The Bertz CT molecular complexity index is 435. The molecule has 2 amide bonds. The Morgan fingerprint density at radius 2 is 2.00 bits per heavy atom. The first-order chi connectivity index (χ1) is 9.88. The van der Waals surface area contributed by atoms with Crippen molar-refractivity contribution in [2.75, 3.05) is 26.2 Å². The summed E-state index contributed by atoms with van der Waals surface area (Å²) >= 11 is 0. The van der Waals surface area contributed by atoms with Crippen LogP contribution in [0.4, 0.5) is 0 Å². The minimum absolute atomic E-state index is 0.0360. The van der Waals surface area contributed by atoms with E-state index in [-0.39, 0.29) is 30.7 Å². The van der Waals surface area contributed by atoms with Gasteiger partial charge in [0.2, 0.25) is 11.8 Å². The van der Waals surface area contributed by atoms with Gasteiger partial charge >= 0.3 is 5.97 Å². The van der Waals surface area contributed by atoms with Crippen LogP contribution in [0.5, 0.6) is 0 Å². The summed E-state index contributed by atoms with van der Waals surface area (Å²) in [7, 11) is 0. The third-order valence-corrected chi connectivity index (χ3v) is 4.23. The standard InChI is InChI=1S/C15H24N2O4/c1-10(2)7-17-9-12(6-13(17)18)14(19)16-5-3-4-11(8-16)15(20)21/h10-12H,3-9H2,1-2H3,(H,20,21). The molecule has 0 radical (unpaired) electrons. The molecule has 2 aliphatic rings. The van der Waals surface area contributed by atoms with Crippen LogP contribution >= 0.6 is 0 Å². The van der Waals surface area contributed by atoms with Crippen LogP contribution in [0.3, 0.4) is 0 Å². The van der Waals surface area contributed by atoms with Crippen LogP contribution in [0.2, 0.25) is 0 Å². The number of likely N-dealkylation sites (tertiary alicyclic amines) is 2. The number of carboxylic acid groups (broad SMARTS) is 1. The molecule has 0 spiro atoms. The van der Waals surface area contributed by atoms with Crippen LogP contribution in [0.1, 0.15) is 33.1 Å². The fourth-order valence-electron chi connectivity index (χ4n) is 3.19. The third-order valence-electron chi connectivity index (χ3n) is 4.23. The minimum Gasteiger partial charge on any atom is -0.481 e. The van der Waals surface area contributed by atoms with Gasteiger partial charge in [-0.25, -0.2) is 0 Å². The highest BCUT2D eigenvalue weighted by atomic mass is 16.4. The smallest absolute Gasteiger partial charge is 0.308 e. The molecule has 1 N–H and O–H groups in total. The van der Waals surface area contributed by atoms with E-state index in [0.717, 1.165) is 6.42 Å². The Labute approximate surface area is 125 Å². The molecule has 0 aliphatic carbocycles. The van der Waals surface area contributed by atoms with Crippen molar-refractivity contribution in [3.63, 3.8) is 0 Å². The molecule has 21 heavy (non-hydrogen) atoms. The fraction of sp³-hybridized carbons (Fsp3) is 0.800. The second-order valence-corrected chi connectivity index (χ2v) is 6.56. The molecule has 2 unspecified atom stereocenters. The van der Waals surface area contributed by atoms with Crippen LogP contribution in [-0.2, 0) is 14.4 Å². The molecular weight excluding hydrogens is 272 g/mol. The van der Waals surface area contributed by atoms with E-state index in [1.54, 1.807) is 9.80 Å². The van der Waals surface area contributed by atoms with E-state index in [1.807, 2.05) is 13.8 Å². The van der Waals surface area contributed by atoms with E-state index in [4.69, 9.17) is 5.11 Å². The molecule has 6 heteroatoms. The van der Waals surface area contributed by atoms with Gasteiger partial charge in [0, 0.05) is 32.6 Å². The first-order valence-electron chi connectivity index (χ1n) is 7.67. The van der Waals surface area contributed by atoms with Crippen molar-refractivity contribution < 1.29 is 19.5 Å². The van der Waals surface area contributed by atoms with E-state index in [1.165, 1.54) is 0 Å². The predicted octanol–water partition coefficient (Wildman–Crippen LogP) is 0.814. The van der Waals surface area contributed by atoms with Gasteiger partial charge in [-0.1, -0.05) is 13.8 Å². The lowest BCUT2D eigenvalue weighted by Crippen LogP contribution is -2.45. The lowest BCUT2D eigenvalue weighted by molar-refractivity contribution is -0.146. The summed E-state index contributed by atoms with van der Waals surface area (Å²) < 4.78 is 0. The summed E-state index contributed by atoms with van der Waals surface area (Å²) in [5.74, 6) is -1.24. The zero-order valence-corrected chi connectivity index (χ0v) is 12.7. The van der Waals surface area contributed by atoms with E-state index in [9.17, 15) is 14.4 Å². The Morgan fingerprint density at radius 1 is 1.29 bits per heavy atom. The quantitative estimate of drug-likeness (QED) is 0.833. The van der Waals surface area contributed by atoms with Crippen LogP contribution in [0, 0.1) is 17.8 Å². The van der Waals surface area contributed by atoms with E-state index in [2.05, 4.69) is 0 Å². The largest absolute Gasteiger partial charge is 0.481 e. The van der Waals surface area contributed by atoms with Gasteiger partial charge in [0.25, 0.3) is 0 Å². The summed E-state index contributed by atoms with van der Waals surface area (Å²) in [6.07, 6.45) is 1.61. The second kappa shape index (κ2) is 6.45. The van der Waals surface area contributed by atoms with Gasteiger partial charge in [0.1, 0.15) is 0 Å². The number of rotatable bonds is 4. The first-order valence-corrected chi connectivity index (χ1v) is 7.67. The molecule has 2 fully saturated rings. The Morgan fingerprint density at radius 3 is 2.62 bits per heavy atom. The maximum Gasteiger partial charge on any atom is 0.308 e. The first kappa shape index (κ1) is 15.8. The van der Waals surface area contributed by atoms with E-state index < -0.39 is 11.9 Å². The van der Waals surface area contributed by atoms with Crippen molar-refractivity contribution >= 4 is 17.8 Å². The molecule has 2 saturated heterocycles. The van der Waals surface area contributed by atoms with Gasteiger partial charge < -0.3 is 14.9 Å². The number of hydrogen-bond donors (Lipinski definition) is 1. The molecule has 0 aromatic carbocycles. The molecule has 2 aliphatic heterocycles. The summed E-state index contributed by atoms with van der Waals surface area (Å²) in [5.41, 5.74) is 0. The molecule has 118 valence electrons. The van der Waals surface area contributed by atoms with Gasteiger partial charge in [-0.15, -0.1) is 0 Å². The third kappa shape index (κ3) is 3.74. The lowest BCUT2D eigenvalue weighted by Gasteiger charge is -2.32. The molecule has 0 aromatic rings. The molecule has 0 saturated carbocycles. The molecule has 2 atom stereocenters. The number of carbonyl (C=O) groups is 3. The van der Waals surface area contributed by atoms with Gasteiger partial charge in [0.05, 0.1) is 11.8 Å². The minimum atomic E-state index is -0.837. The lowest BCUT2D eigenvalue weighted by atomic mass is 9.96. The maximum absolute atomic E-state index is 12.5. The SMILES string of the molecule is CC(C)CN1CC(C(=O)N2CCCC(C(=O)O)C2)CC1=O. The second-order valence-electron chi connectivity index (χ2n) is 6.56. The van der Waals surface area contributed by atoms with Crippen molar-refractivity contribution in [3.05, 3.63) is 0 Å². The van der Waals surface area contributed by atoms with Crippen LogP contribution in [0.15, 0.2) is 0 Å². The van der Waals surface area contributed by atoms with Gasteiger partial charge in [0.15, 0.2) is 0 Å². The monoisotopic (exact) mass is 296 g/mol. The number of hydrogen-bond acceptors (Lipinski definition) is 3.